The zero-order chi connectivity index (χ0) is 24.0. The third-order valence-corrected chi connectivity index (χ3v) is 5.80. The molecule has 3 rings (SSSR count). The van der Waals surface area contributed by atoms with Crippen LogP contribution >= 0.6 is 11.8 Å². The van der Waals surface area contributed by atoms with Crippen LogP contribution in [0.1, 0.15) is 27.0 Å². The van der Waals surface area contributed by atoms with Crippen molar-refractivity contribution in [2.24, 2.45) is 7.05 Å². The first kappa shape index (κ1) is 24.0. The van der Waals surface area contributed by atoms with Crippen molar-refractivity contribution in [3.63, 3.8) is 0 Å². The van der Waals surface area contributed by atoms with Crippen LogP contribution in [0.3, 0.4) is 0 Å². The maximum atomic E-state index is 12.5. The number of anilines is 2. The molecule has 1 heterocycles. The lowest BCUT2D eigenvalue weighted by molar-refractivity contribution is -0.115. The van der Waals surface area contributed by atoms with E-state index in [0.29, 0.717) is 16.4 Å². The fourth-order valence-corrected chi connectivity index (χ4v) is 3.98. The molecule has 0 radical (unpaired) electrons. The van der Waals surface area contributed by atoms with Gasteiger partial charge in [-0.3, -0.25) is 14.4 Å². The van der Waals surface area contributed by atoms with Gasteiger partial charge < -0.3 is 20.5 Å². The average molecular weight is 467 g/mol. The summed E-state index contributed by atoms with van der Waals surface area (Å²) in [6.07, 6.45) is 1.56. The van der Waals surface area contributed by atoms with E-state index in [0.717, 1.165) is 22.4 Å². The van der Waals surface area contributed by atoms with Gasteiger partial charge in [0.05, 0.1) is 12.3 Å². The van der Waals surface area contributed by atoms with Gasteiger partial charge in [0.1, 0.15) is 6.33 Å². The van der Waals surface area contributed by atoms with E-state index in [1.54, 1.807) is 42.2 Å². The Kier molecular flexibility index (Phi) is 7.83. The van der Waals surface area contributed by atoms with Crippen LogP contribution in [0, 0.1) is 20.8 Å². The van der Waals surface area contributed by atoms with Gasteiger partial charge in [-0.1, -0.05) is 35.5 Å². The first-order valence-electron chi connectivity index (χ1n) is 10.3. The van der Waals surface area contributed by atoms with Gasteiger partial charge in [-0.15, -0.1) is 10.2 Å². The molecular weight excluding hydrogens is 440 g/mol. The molecule has 33 heavy (non-hydrogen) atoms. The molecule has 9 nitrogen and oxygen atoms in total. The molecule has 0 aliphatic heterocycles. The Morgan fingerprint density at radius 1 is 1.00 bits per heavy atom. The van der Waals surface area contributed by atoms with Crippen LogP contribution in [0.25, 0.3) is 0 Å². The quantitative estimate of drug-likeness (QED) is 0.440. The molecule has 0 unspecified atom stereocenters. The second-order valence-corrected chi connectivity index (χ2v) is 8.59. The summed E-state index contributed by atoms with van der Waals surface area (Å²) in [6, 6.07) is 10.5. The van der Waals surface area contributed by atoms with Crippen molar-refractivity contribution in [1.29, 1.82) is 0 Å². The van der Waals surface area contributed by atoms with Gasteiger partial charge in [-0.2, -0.15) is 0 Å². The Hall–Kier alpha value is -3.66. The minimum absolute atomic E-state index is 0.154. The summed E-state index contributed by atoms with van der Waals surface area (Å²) in [5.74, 6) is -0.805. The average Bonchev–Trinajstić information content (AvgIpc) is 3.18. The van der Waals surface area contributed by atoms with Crippen LogP contribution in [-0.4, -0.2) is 44.8 Å². The number of carbonyl (C=O) groups is 3. The molecule has 0 aliphatic rings. The minimum Gasteiger partial charge on any atom is -0.343 e. The number of rotatable bonds is 8. The highest BCUT2D eigenvalue weighted by Gasteiger charge is 2.13. The van der Waals surface area contributed by atoms with Gasteiger partial charge in [0.15, 0.2) is 5.16 Å². The van der Waals surface area contributed by atoms with Gasteiger partial charge in [-0.25, -0.2) is 0 Å². The largest absolute Gasteiger partial charge is 0.343 e. The van der Waals surface area contributed by atoms with Crippen molar-refractivity contribution < 1.29 is 14.4 Å². The Labute approximate surface area is 196 Å². The predicted octanol–water partition coefficient (Wildman–Crippen LogP) is 2.84. The molecule has 3 aromatic rings. The number of carbonyl (C=O) groups excluding carboxylic acids is 3. The topological polar surface area (TPSA) is 118 Å². The van der Waals surface area contributed by atoms with E-state index < -0.39 is 5.91 Å². The summed E-state index contributed by atoms with van der Waals surface area (Å²) >= 11 is 1.26. The monoisotopic (exact) mass is 466 g/mol. The van der Waals surface area contributed by atoms with Crippen LogP contribution in [0.5, 0.6) is 0 Å². The maximum Gasteiger partial charge on any atom is 0.251 e. The summed E-state index contributed by atoms with van der Waals surface area (Å²) < 4.78 is 1.72. The van der Waals surface area contributed by atoms with Crippen LogP contribution in [0.4, 0.5) is 11.4 Å². The van der Waals surface area contributed by atoms with Crippen LogP contribution in [0.2, 0.25) is 0 Å². The summed E-state index contributed by atoms with van der Waals surface area (Å²) in [5.41, 5.74) is 4.63. The molecule has 0 atom stereocenters. The van der Waals surface area contributed by atoms with Gasteiger partial charge >= 0.3 is 0 Å². The Morgan fingerprint density at radius 2 is 1.73 bits per heavy atom. The number of benzene rings is 2. The van der Waals surface area contributed by atoms with E-state index in [-0.39, 0.29) is 24.1 Å². The fraction of sp³-hybridized carbons (Fsp3) is 0.261. The number of nitrogens with one attached hydrogen (secondary N) is 3. The molecule has 0 bridgehead atoms. The number of aromatic nitrogens is 3. The van der Waals surface area contributed by atoms with Crippen LogP contribution in [0.15, 0.2) is 47.9 Å². The Bertz CT molecular complexity index is 1170. The highest BCUT2D eigenvalue weighted by molar-refractivity contribution is 7.99. The molecule has 0 saturated carbocycles. The fourth-order valence-electron chi connectivity index (χ4n) is 3.29. The smallest absolute Gasteiger partial charge is 0.251 e. The molecule has 3 N–H and O–H groups in total. The van der Waals surface area contributed by atoms with Gasteiger partial charge in [-0.05, 0) is 50.1 Å². The van der Waals surface area contributed by atoms with Crippen LogP contribution < -0.4 is 16.0 Å². The summed E-state index contributed by atoms with van der Waals surface area (Å²) in [5, 5.41) is 16.5. The van der Waals surface area contributed by atoms with E-state index in [1.807, 2.05) is 32.9 Å². The summed E-state index contributed by atoms with van der Waals surface area (Å²) in [7, 11) is 1.80. The Balaban J connectivity index is 1.52. The zero-order valence-corrected chi connectivity index (χ0v) is 19.7. The standard InChI is InChI=1S/C23H26N6O3S/c1-14-8-15(2)21(16(3)9-14)27-19(30)11-24-22(32)17-6-5-7-18(10-17)26-20(31)12-33-23-28-25-13-29(23)4/h5-10,13H,11-12H2,1-4H3,(H,24,32)(H,26,31)(H,27,30). The number of hydrogen-bond acceptors (Lipinski definition) is 6. The van der Waals surface area contributed by atoms with E-state index in [2.05, 4.69) is 26.1 Å². The predicted molar refractivity (Wildman–Crippen MR) is 128 cm³/mol. The number of nitrogens with zero attached hydrogens (tertiary/aromatic N) is 3. The second-order valence-electron chi connectivity index (χ2n) is 7.65. The number of thioether (sulfide) groups is 1. The van der Waals surface area contributed by atoms with Gasteiger partial charge in [0.25, 0.3) is 5.91 Å². The molecular formula is C23H26N6O3S. The second kappa shape index (κ2) is 10.8. The van der Waals surface area contributed by atoms with E-state index in [9.17, 15) is 14.4 Å². The highest BCUT2D eigenvalue weighted by Crippen LogP contribution is 2.21. The highest BCUT2D eigenvalue weighted by atomic mass is 32.2. The van der Waals surface area contributed by atoms with Crippen LogP contribution in [-0.2, 0) is 16.6 Å². The molecule has 10 heteroatoms. The summed E-state index contributed by atoms with van der Waals surface area (Å²) in [4.78, 5) is 37.1. The lowest BCUT2D eigenvalue weighted by Crippen LogP contribution is -2.33. The van der Waals surface area contributed by atoms with Gasteiger partial charge in [0, 0.05) is 24.0 Å². The Morgan fingerprint density at radius 3 is 2.39 bits per heavy atom. The molecule has 0 fully saturated rings. The van der Waals surface area contributed by atoms with Crippen molar-refractivity contribution in [2.45, 2.75) is 25.9 Å². The number of aryl methyl sites for hydroxylation is 4. The van der Waals surface area contributed by atoms with E-state index in [4.69, 9.17) is 0 Å². The molecule has 3 amide bonds. The first-order valence-corrected chi connectivity index (χ1v) is 11.2. The molecule has 0 aliphatic carbocycles. The summed E-state index contributed by atoms with van der Waals surface area (Å²) in [6.45, 7) is 5.69. The molecule has 0 spiro atoms. The molecule has 2 aromatic carbocycles. The van der Waals surface area contributed by atoms with Crippen molar-refractivity contribution in [3.8, 4) is 0 Å². The normalized spacial score (nSPS) is 10.5. The van der Waals surface area contributed by atoms with E-state index >= 15 is 0 Å². The lowest BCUT2D eigenvalue weighted by Gasteiger charge is -2.13. The van der Waals surface area contributed by atoms with Crippen molar-refractivity contribution in [2.75, 3.05) is 22.9 Å². The van der Waals surface area contributed by atoms with Crippen molar-refractivity contribution >= 4 is 40.9 Å². The molecule has 0 saturated heterocycles. The lowest BCUT2D eigenvalue weighted by atomic mass is 10.1. The van der Waals surface area contributed by atoms with Crippen molar-refractivity contribution in [3.05, 3.63) is 65.0 Å². The third kappa shape index (κ3) is 6.66. The molecule has 172 valence electrons. The SMILES string of the molecule is Cc1cc(C)c(NC(=O)CNC(=O)c2cccc(NC(=O)CSc3nncn3C)c2)c(C)c1. The first-order chi connectivity index (χ1) is 15.7. The zero-order valence-electron chi connectivity index (χ0n) is 18.9. The number of hydrogen-bond donors (Lipinski definition) is 3. The van der Waals surface area contributed by atoms with Crippen molar-refractivity contribution in [1.82, 2.24) is 20.1 Å². The van der Waals surface area contributed by atoms with Gasteiger partial charge in [0.2, 0.25) is 11.8 Å². The van der Waals surface area contributed by atoms with E-state index in [1.165, 1.54) is 11.8 Å². The maximum absolute atomic E-state index is 12.5. The minimum atomic E-state index is -0.410. The number of amides is 3. The third-order valence-electron chi connectivity index (χ3n) is 4.76. The molecule has 1 aromatic heterocycles.